The summed E-state index contributed by atoms with van der Waals surface area (Å²) in [5.74, 6) is 0. The highest BCUT2D eigenvalue weighted by molar-refractivity contribution is 5.21. The molecule has 1 heterocycles. The predicted octanol–water partition coefficient (Wildman–Crippen LogP) is -0.640. The number of aromatic nitrogens is 2. The van der Waals surface area contributed by atoms with E-state index < -0.39 is 11.2 Å². The van der Waals surface area contributed by atoms with Crippen LogP contribution in [0.5, 0.6) is 0 Å². The molecular weight excluding hydrogens is 208 g/mol. The fraction of sp³-hybridized carbons (Fsp3) is 0.500. The highest BCUT2D eigenvalue weighted by Crippen LogP contribution is 1.87. The maximum absolute atomic E-state index is 11.4. The van der Waals surface area contributed by atoms with E-state index in [1.54, 1.807) is 6.07 Å². The van der Waals surface area contributed by atoms with E-state index in [1.165, 1.54) is 10.8 Å². The molecule has 6 heteroatoms. The van der Waals surface area contributed by atoms with Gasteiger partial charge in [-0.25, -0.2) is 4.79 Å². The summed E-state index contributed by atoms with van der Waals surface area (Å²) in [6.45, 7) is 4.03. The molecule has 0 amide bonds. The zero-order chi connectivity index (χ0) is 12.1. The number of nitriles is 1. The van der Waals surface area contributed by atoms with Crippen molar-refractivity contribution in [2.45, 2.75) is 13.5 Å². The Bertz CT molecular complexity index is 509. The Labute approximate surface area is 92.7 Å². The molecule has 16 heavy (non-hydrogen) atoms. The molecule has 0 bridgehead atoms. The van der Waals surface area contributed by atoms with Gasteiger partial charge in [-0.1, -0.05) is 6.92 Å². The van der Waals surface area contributed by atoms with E-state index in [0.717, 1.165) is 6.54 Å². The maximum Gasteiger partial charge on any atom is 0.328 e. The van der Waals surface area contributed by atoms with Gasteiger partial charge in [-0.2, -0.15) is 5.26 Å². The molecule has 0 aliphatic rings. The minimum Gasteiger partial charge on any atom is -0.305 e. The number of hydrogen-bond acceptors (Lipinski definition) is 4. The van der Waals surface area contributed by atoms with Crippen molar-refractivity contribution in [2.24, 2.45) is 0 Å². The van der Waals surface area contributed by atoms with E-state index in [-0.39, 0.29) is 5.56 Å². The molecule has 0 saturated carbocycles. The number of nitrogens with zero attached hydrogens (tertiary/aromatic N) is 3. The standard InChI is InChI=1S/C10H14N4O2/c1-3-13(2)4-5-14-7-8(6-11)9(15)12-10(14)16/h7H,3-5H2,1-2H3,(H,12,15,16). The van der Waals surface area contributed by atoms with E-state index >= 15 is 0 Å². The molecule has 0 aliphatic heterocycles. The fourth-order valence-electron chi connectivity index (χ4n) is 1.19. The summed E-state index contributed by atoms with van der Waals surface area (Å²) in [7, 11) is 1.93. The molecule has 1 aromatic heterocycles. The first-order chi connectivity index (χ1) is 7.58. The summed E-state index contributed by atoms with van der Waals surface area (Å²) in [6, 6.07) is 1.75. The van der Waals surface area contributed by atoms with E-state index in [9.17, 15) is 9.59 Å². The average molecular weight is 222 g/mol. The normalized spacial score (nSPS) is 10.4. The third kappa shape index (κ3) is 2.81. The summed E-state index contributed by atoms with van der Waals surface area (Å²) >= 11 is 0. The molecule has 0 radical (unpaired) electrons. The number of rotatable bonds is 4. The van der Waals surface area contributed by atoms with Crippen molar-refractivity contribution >= 4 is 0 Å². The van der Waals surface area contributed by atoms with Crippen LogP contribution in [0, 0.1) is 11.3 Å². The smallest absolute Gasteiger partial charge is 0.305 e. The predicted molar refractivity (Wildman–Crippen MR) is 59.2 cm³/mol. The van der Waals surface area contributed by atoms with Gasteiger partial charge in [-0.3, -0.25) is 14.3 Å². The van der Waals surface area contributed by atoms with Crippen LogP contribution in [-0.2, 0) is 6.54 Å². The number of nitrogens with one attached hydrogen (secondary N) is 1. The molecule has 0 unspecified atom stereocenters. The van der Waals surface area contributed by atoms with Crippen LogP contribution in [0.15, 0.2) is 15.8 Å². The summed E-state index contributed by atoms with van der Waals surface area (Å²) < 4.78 is 1.34. The Morgan fingerprint density at radius 2 is 2.25 bits per heavy atom. The van der Waals surface area contributed by atoms with Gasteiger partial charge < -0.3 is 4.90 Å². The van der Waals surface area contributed by atoms with E-state index in [2.05, 4.69) is 4.98 Å². The van der Waals surface area contributed by atoms with Crippen molar-refractivity contribution in [1.82, 2.24) is 14.5 Å². The SMILES string of the molecule is CCN(C)CCn1cc(C#N)c(=O)[nH]c1=O. The van der Waals surface area contributed by atoms with Gasteiger partial charge in [-0.15, -0.1) is 0 Å². The minimum absolute atomic E-state index is 0.0428. The van der Waals surface area contributed by atoms with Crippen LogP contribution < -0.4 is 11.2 Å². The fourth-order valence-corrected chi connectivity index (χ4v) is 1.19. The summed E-state index contributed by atoms with van der Waals surface area (Å²) in [5.41, 5.74) is -1.15. The van der Waals surface area contributed by atoms with Crippen molar-refractivity contribution in [3.8, 4) is 6.07 Å². The van der Waals surface area contributed by atoms with Gasteiger partial charge in [0, 0.05) is 19.3 Å². The lowest BCUT2D eigenvalue weighted by atomic mass is 10.3. The lowest BCUT2D eigenvalue weighted by Crippen LogP contribution is -2.34. The maximum atomic E-state index is 11.4. The van der Waals surface area contributed by atoms with Crippen molar-refractivity contribution in [3.05, 3.63) is 32.6 Å². The van der Waals surface area contributed by atoms with Gasteiger partial charge in [0.1, 0.15) is 11.6 Å². The molecule has 0 aliphatic carbocycles. The van der Waals surface area contributed by atoms with Crippen molar-refractivity contribution < 1.29 is 0 Å². The minimum atomic E-state index is -0.632. The first-order valence-corrected chi connectivity index (χ1v) is 5.01. The highest BCUT2D eigenvalue weighted by Gasteiger charge is 2.04. The molecule has 0 atom stereocenters. The topological polar surface area (TPSA) is 81.9 Å². The third-order valence-electron chi connectivity index (χ3n) is 2.39. The Morgan fingerprint density at radius 3 is 2.81 bits per heavy atom. The first-order valence-electron chi connectivity index (χ1n) is 5.01. The zero-order valence-corrected chi connectivity index (χ0v) is 9.36. The Balaban J connectivity index is 2.94. The summed E-state index contributed by atoms with van der Waals surface area (Å²) in [4.78, 5) is 26.6. The van der Waals surface area contributed by atoms with Gasteiger partial charge in [0.05, 0.1) is 0 Å². The van der Waals surface area contributed by atoms with Crippen LogP contribution >= 0.6 is 0 Å². The highest BCUT2D eigenvalue weighted by atomic mass is 16.2. The molecule has 1 aromatic rings. The average Bonchev–Trinajstić information content (AvgIpc) is 2.27. The molecular formula is C10H14N4O2. The Morgan fingerprint density at radius 1 is 1.56 bits per heavy atom. The second kappa shape index (κ2) is 5.28. The second-order valence-electron chi connectivity index (χ2n) is 3.50. The van der Waals surface area contributed by atoms with E-state index in [1.807, 2.05) is 18.9 Å². The molecule has 1 rings (SSSR count). The van der Waals surface area contributed by atoms with E-state index in [4.69, 9.17) is 5.26 Å². The van der Waals surface area contributed by atoms with Crippen LogP contribution in [0.3, 0.4) is 0 Å². The van der Waals surface area contributed by atoms with Crippen LogP contribution in [-0.4, -0.2) is 34.6 Å². The van der Waals surface area contributed by atoms with Crippen molar-refractivity contribution in [3.63, 3.8) is 0 Å². The van der Waals surface area contributed by atoms with Gasteiger partial charge in [-0.05, 0) is 13.6 Å². The van der Waals surface area contributed by atoms with Crippen LogP contribution in [0.4, 0.5) is 0 Å². The van der Waals surface area contributed by atoms with Crippen molar-refractivity contribution in [2.75, 3.05) is 20.1 Å². The number of aromatic amines is 1. The largest absolute Gasteiger partial charge is 0.328 e. The van der Waals surface area contributed by atoms with Crippen molar-refractivity contribution in [1.29, 1.82) is 5.26 Å². The van der Waals surface area contributed by atoms with Crippen LogP contribution in [0.2, 0.25) is 0 Å². The molecule has 0 saturated heterocycles. The number of hydrogen-bond donors (Lipinski definition) is 1. The monoisotopic (exact) mass is 222 g/mol. The molecule has 0 aromatic carbocycles. The van der Waals surface area contributed by atoms with Crippen LogP contribution in [0.25, 0.3) is 0 Å². The molecule has 1 N–H and O–H groups in total. The molecule has 0 spiro atoms. The summed E-state index contributed by atoms with van der Waals surface area (Å²) in [6.07, 6.45) is 1.30. The van der Waals surface area contributed by atoms with Gasteiger partial charge in [0.25, 0.3) is 5.56 Å². The number of likely N-dealkylation sites (N-methyl/N-ethyl adjacent to an activating group) is 1. The molecule has 86 valence electrons. The molecule has 6 nitrogen and oxygen atoms in total. The lowest BCUT2D eigenvalue weighted by Gasteiger charge is -2.14. The Hall–Kier alpha value is -1.87. The van der Waals surface area contributed by atoms with Gasteiger partial charge >= 0.3 is 5.69 Å². The first kappa shape index (κ1) is 12.2. The van der Waals surface area contributed by atoms with Gasteiger partial charge in [0.2, 0.25) is 0 Å². The second-order valence-corrected chi connectivity index (χ2v) is 3.50. The van der Waals surface area contributed by atoms with E-state index in [0.29, 0.717) is 13.1 Å². The zero-order valence-electron chi connectivity index (χ0n) is 9.36. The molecule has 0 fully saturated rings. The van der Waals surface area contributed by atoms with Crippen LogP contribution in [0.1, 0.15) is 12.5 Å². The lowest BCUT2D eigenvalue weighted by molar-refractivity contribution is 0.332. The number of H-pyrrole nitrogens is 1. The quantitative estimate of drug-likeness (QED) is 0.734. The Kier molecular flexibility index (Phi) is 4.03. The third-order valence-corrected chi connectivity index (χ3v) is 2.39. The summed E-state index contributed by atoms with van der Waals surface area (Å²) in [5, 5.41) is 8.66. The van der Waals surface area contributed by atoms with Gasteiger partial charge in [0.15, 0.2) is 0 Å².